The maximum absolute atomic E-state index is 14.4. The number of rotatable bonds is 7. The molecule has 2 aliphatic heterocycles. The van der Waals surface area contributed by atoms with E-state index < -0.39 is 29.0 Å². The molecule has 6 rings (SSSR count). The molecule has 3 aliphatic rings. The number of nitrogens with one attached hydrogen (secondary N) is 1. The molecule has 1 atom stereocenters. The SMILES string of the molecule is COC(=O)c1ccc([C@@H]2CC3(CCN2Cc2c(OC)cc(C)c4c2ccn4C(=O)OC(C)(C)C)CC(F)(F)C3)c(NC2COC2)c1. The first-order valence-corrected chi connectivity index (χ1v) is 15.8. The number of carbonyl (C=O) groups is 2. The van der Waals surface area contributed by atoms with Gasteiger partial charge in [0.1, 0.15) is 11.4 Å². The number of ether oxygens (including phenoxy) is 4. The molecule has 1 spiro atoms. The molecule has 3 heterocycles. The molecule has 248 valence electrons. The Hall–Kier alpha value is -3.70. The summed E-state index contributed by atoms with van der Waals surface area (Å²) in [6.07, 6.45) is 2.21. The summed E-state index contributed by atoms with van der Waals surface area (Å²) >= 11 is 0. The number of nitrogens with zero attached hydrogens (tertiary/aromatic N) is 2. The molecule has 3 aromatic rings. The first-order chi connectivity index (χ1) is 21.7. The number of likely N-dealkylation sites (tertiary alicyclic amines) is 1. The van der Waals surface area contributed by atoms with E-state index in [1.807, 2.05) is 45.9 Å². The van der Waals surface area contributed by atoms with Gasteiger partial charge in [0.05, 0.1) is 44.6 Å². The highest BCUT2D eigenvalue weighted by Crippen LogP contribution is 2.61. The second-order valence-electron chi connectivity index (χ2n) is 14.1. The number of alkyl halides is 2. The number of methoxy groups -OCH3 is 2. The van der Waals surface area contributed by atoms with Gasteiger partial charge in [-0.25, -0.2) is 18.4 Å². The Kier molecular flexibility index (Phi) is 8.29. The second-order valence-corrected chi connectivity index (χ2v) is 14.1. The number of esters is 1. The molecular formula is C35H43F2N3O6. The molecule has 1 aliphatic carbocycles. The van der Waals surface area contributed by atoms with Crippen LogP contribution in [0.25, 0.3) is 10.9 Å². The van der Waals surface area contributed by atoms with Crippen LogP contribution >= 0.6 is 0 Å². The minimum atomic E-state index is -2.65. The summed E-state index contributed by atoms with van der Waals surface area (Å²) in [7, 11) is 2.97. The van der Waals surface area contributed by atoms with Crippen molar-refractivity contribution >= 4 is 28.7 Å². The third-order valence-corrected chi connectivity index (χ3v) is 9.50. The Morgan fingerprint density at radius 1 is 1.11 bits per heavy atom. The molecule has 1 N–H and O–H groups in total. The largest absolute Gasteiger partial charge is 0.496 e. The molecule has 0 amide bonds. The molecule has 0 radical (unpaired) electrons. The number of carbonyl (C=O) groups excluding carboxylic acids is 2. The molecule has 3 fully saturated rings. The number of benzene rings is 2. The van der Waals surface area contributed by atoms with Gasteiger partial charge in [0.2, 0.25) is 5.92 Å². The van der Waals surface area contributed by atoms with Crippen molar-refractivity contribution in [3.8, 4) is 5.75 Å². The van der Waals surface area contributed by atoms with E-state index in [4.69, 9.17) is 18.9 Å². The smallest absolute Gasteiger partial charge is 0.419 e. The van der Waals surface area contributed by atoms with Crippen molar-refractivity contribution in [3.63, 3.8) is 0 Å². The lowest BCUT2D eigenvalue weighted by Gasteiger charge is -2.55. The van der Waals surface area contributed by atoms with Crippen LogP contribution in [-0.2, 0) is 20.8 Å². The molecule has 11 heteroatoms. The summed E-state index contributed by atoms with van der Waals surface area (Å²) in [4.78, 5) is 28.0. The lowest BCUT2D eigenvalue weighted by atomic mass is 9.58. The summed E-state index contributed by atoms with van der Waals surface area (Å²) in [5.74, 6) is -2.41. The number of fused-ring (bicyclic) bond motifs is 1. The standard InChI is InChI=1S/C35H43F2N3O6/c1-21-13-29(43-5)26(24-9-11-40(30(21)24)32(42)46-33(2,3)4)16-39-12-10-34(19-35(36,37)20-34)15-28(39)25-8-7-22(31(41)44-6)14-27(25)38-23-17-45-18-23/h7-9,11,13-14,23,28,38H,10,12,15-20H2,1-6H3/t28-/m0/s1. The molecule has 46 heavy (non-hydrogen) atoms. The zero-order valence-corrected chi connectivity index (χ0v) is 27.4. The zero-order valence-electron chi connectivity index (χ0n) is 27.4. The maximum Gasteiger partial charge on any atom is 0.419 e. The first-order valence-electron chi connectivity index (χ1n) is 15.8. The van der Waals surface area contributed by atoms with Crippen molar-refractivity contribution in [3.05, 3.63) is 58.8 Å². The van der Waals surface area contributed by atoms with Crippen LogP contribution in [0.15, 0.2) is 36.5 Å². The minimum absolute atomic E-state index is 0.0788. The van der Waals surface area contributed by atoms with Crippen molar-refractivity contribution in [2.24, 2.45) is 5.41 Å². The molecule has 0 unspecified atom stereocenters. The van der Waals surface area contributed by atoms with E-state index in [2.05, 4.69) is 10.2 Å². The molecule has 2 saturated heterocycles. The zero-order chi connectivity index (χ0) is 33.0. The van der Waals surface area contributed by atoms with Crippen LogP contribution in [0.3, 0.4) is 0 Å². The van der Waals surface area contributed by atoms with Gasteiger partial charge in [-0.2, -0.15) is 0 Å². The van der Waals surface area contributed by atoms with Crippen molar-refractivity contribution in [2.75, 3.05) is 39.3 Å². The summed E-state index contributed by atoms with van der Waals surface area (Å²) < 4.78 is 52.2. The molecule has 0 bridgehead atoms. The van der Waals surface area contributed by atoms with Gasteiger partial charge in [0.25, 0.3) is 0 Å². The third-order valence-electron chi connectivity index (χ3n) is 9.50. The van der Waals surface area contributed by atoms with Gasteiger partial charge in [-0.1, -0.05) is 6.07 Å². The van der Waals surface area contributed by atoms with Gasteiger partial charge in [-0.15, -0.1) is 0 Å². The van der Waals surface area contributed by atoms with Crippen LogP contribution in [0.2, 0.25) is 0 Å². The van der Waals surface area contributed by atoms with Gasteiger partial charge in [-0.05, 0) is 87.9 Å². The van der Waals surface area contributed by atoms with Crippen molar-refractivity contribution in [2.45, 2.75) is 83.5 Å². The Labute approximate surface area is 268 Å². The van der Waals surface area contributed by atoms with Gasteiger partial charge in [0.15, 0.2) is 0 Å². The minimum Gasteiger partial charge on any atom is -0.496 e. The number of hydrogen-bond donors (Lipinski definition) is 1. The highest BCUT2D eigenvalue weighted by Gasteiger charge is 2.58. The molecule has 1 aromatic heterocycles. The van der Waals surface area contributed by atoms with Crippen LogP contribution in [-0.4, -0.2) is 73.1 Å². The molecule has 9 nitrogen and oxygen atoms in total. The lowest BCUT2D eigenvalue weighted by molar-refractivity contribution is -0.186. The fourth-order valence-corrected chi connectivity index (χ4v) is 7.37. The normalized spacial score (nSPS) is 21.0. The van der Waals surface area contributed by atoms with Gasteiger partial charge in [0, 0.05) is 48.3 Å². The quantitative estimate of drug-likeness (QED) is 0.274. The highest BCUT2D eigenvalue weighted by molar-refractivity contribution is 5.95. The number of piperidine rings is 1. The van der Waals surface area contributed by atoms with Crippen LogP contribution in [0.4, 0.5) is 19.3 Å². The average molecular weight is 640 g/mol. The highest BCUT2D eigenvalue weighted by atomic mass is 19.3. The van der Waals surface area contributed by atoms with Gasteiger partial charge in [-0.3, -0.25) is 9.47 Å². The molecule has 2 aromatic carbocycles. The van der Waals surface area contributed by atoms with Gasteiger partial charge >= 0.3 is 12.1 Å². The van der Waals surface area contributed by atoms with Crippen LogP contribution in [0, 0.1) is 12.3 Å². The Bertz CT molecular complexity index is 1650. The number of aromatic nitrogens is 1. The number of anilines is 1. The summed E-state index contributed by atoms with van der Waals surface area (Å²) in [5, 5.41) is 4.40. The number of aryl methyl sites for hydroxylation is 1. The van der Waals surface area contributed by atoms with E-state index in [1.54, 1.807) is 25.4 Å². The number of halogens is 2. The maximum atomic E-state index is 14.4. The summed E-state index contributed by atoms with van der Waals surface area (Å²) in [6.45, 7) is 9.56. The fraction of sp³-hybridized carbons (Fsp3) is 0.543. The Morgan fingerprint density at radius 2 is 1.85 bits per heavy atom. The van der Waals surface area contributed by atoms with E-state index in [0.717, 1.165) is 33.3 Å². The Morgan fingerprint density at radius 3 is 2.46 bits per heavy atom. The van der Waals surface area contributed by atoms with E-state index in [9.17, 15) is 18.4 Å². The predicted molar refractivity (Wildman–Crippen MR) is 170 cm³/mol. The summed E-state index contributed by atoms with van der Waals surface area (Å²) in [6, 6.07) is 9.14. The predicted octanol–water partition coefficient (Wildman–Crippen LogP) is 7.09. The van der Waals surface area contributed by atoms with Crippen LogP contribution in [0.5, 0.6) is 5.75 Å². The average Bonchev–Trinajstić information content (AvgIpc) is 3.41. The lowest BCUT2D eigenvalue weighted by Crippen LogP contribution is -2.53. The van der Waals surface area contributed by atoms with Crippen LogP contribution in [0.1, 0.15) is 79.5 Å². The topological polar surface area (TPSA) is 91.3 Å². The Balaban J connectivity index is 1.41. The monoisotopic (exact) mass is 639 g/mol. The fourth-order valence-electron chi connectivity index (χ4n) is 7.37. The van der Waals surface area contributed by atoms with E-state index in [1.165, 1.54) is 11.7 Å². The second kappa shape index (κ2) is 11.8. The van der Waals surface area contributed by atoms with E-state index >= 15 is 0 Å². The molecule has 1 saturated carbocycles. The van der Waals surface area contributed by atoms with Crippen LogP contribution < -0.4 is 10.1 Å². The van der Waals surface area contributed by atoms with Crippen molar-refractivity contribution in [1.29, 1.82) is 0 Å². The number of hydrogen-bond acceptors (Lipinski definition) is 8. The van der Waals surface area contributed by atoms with Crippen molar-refractivity contribution in [1.82, 2.24) is 9.47 Å². The van der Waals surface area contributed by atoms with E-state index in [0.29, 0.717) is 50.5 Å². The summed E-state index contributed by atoms with van der Waals surface area (Å²) in [5.41, 5.74) is 3.50. The third kappa shape index (κ3) is 6.19. The van der Waals surface area contributed by atoms with E-state index in [-0.39, 0.29) is 24.9 Å². The molecular weight excluding hydrogens is 596 g/mol. The first kappa shape index (κ1) is 32.2. The van der Waals surface area contributed by atoms with Crippen molar-refractivity contribution < 1.29 is 37.3 Å². The van der Waals surface area contributed by atoms with Gasteiger partial charge < -0.3 is 24.3 Å².